The average molecular weight is 377 g/mol. The molecule has 0 N–H and O–H groups in total. The number of esters is 1. The van der Waals surface area contributed by atoms with Crippen molar-refractivity contribution in [1.82, 2.24) is 0 Å². The Morgan fingerprint density at radius 1 is 1.33 bits per heavy atom. The lowest BCUT2D eigenvalue weighted by atomic mass is 9.55. The first-order chi connectivity index (χ1) is 12.0. The van der Waals surface area contributed by atoms with E-state index in [-0.39, 0.29) is 24.9 Å². The topological polar surface area (TPSA) is 26.3 Å². The van der Waals surface area contributed by atoms with Crippen molar-refractivity contribution in [3.63, 3.8) is 0 Å². The molecule has 0 heterocycles. The number of carbonyl (C=O) groups excluding carboxylic acids is 1. The molecular formula is C25H44O2. The molecule has 2 aliphatic carbocycles. The summed E-state index contributed by atoms with van der Waals surface area (Å²) in [4.78, 5) is 12.9. The lowest BCUT2D eigenvalue weighted by Gasteiger charge is -2.52. The largest absolute Gasteiger partial charge is 0.461 e. The summed E-state index contributed by atoms with van der Waals surface area (Å²) in [5.41, 5.74) is 0.898. The molecule has 0 saturated carbocycles. The zero-order chi connectivity index (χ0) is 19.7. The summed E-state index contributed by atoms with van der Waals surface area (Å²) in [6.45, 7) is 17.6. The Morgan fingerprint density at radius 3 is 2.52 bits per heavy atom. The molecule has 0 spiro atoms. The van der Waals surface area contributed by atoms with Crippen LogP contribution in [0.4, 0.5) is 0 Å². The second kappa shape index (κ2) is 8.97. The SMILES string of the molecule is C.CCC(C)(C)C(=O)O[C@H]1C[C@@H](C)C=C2C=C[C@H](C)[C@H](CCC(C)C)[C@]21C. The molecule has 0 aromatic rings. The van der Waals surface area contributed by atoms with Gasteiger partial charge in [-0.15, -0.1) is 0 Å². The maximum absolute atomic E-state index is 12.9. The molecule has 2 nitrogen and oxygen atoms in total. The number of hydrogen-bond donors (Lipinski definition) is 0. The van der Waals surface area contributed by atoms with Gasteiger partial charge in [-0.3, -0.25) is 4.79 Å². The molecule has 27 heavy (non-hydrogen) atoms. The van der Waals surface area contributed by atoms with Gasteiger partial charge in [0.15, 0.2) is 0 Å². The number of allylic oxidation sites excluding steroid dienone is 3. The quantitative estimate of drug-likeness (QED) is 0.458. The van der Waals surface area contributed by atoms with E-state index in [9.17, 15) is 4.79 Å². The van der Waals surface area contributed by atoms with E-state index >= 15 is 0 Å². The molecule has 0 aromatic heterocycles. The third-order valence-corrected chi connectivity index (χ3v) is 7.07. The van der Waals surface area contributed by atoms with Crippen LogP contribution in [0, 0.1) is 34.5 Å². The van der Waals surface area contributed by atoms with E-state index in [1.165, 1.54) is 18.4 Å². The van der Waals surface area contributed by atoms with Gasteiger partial charge in [-0.1, -0.05) is 73.6 Å². The standard InChI is InChI=1S/C24H40O2.CH4/c1-9-23(6,7)22(25)26-21-15-17(4)14-19-12-11-18(5)20(24(19,21)8)13-10-16(2)3;/h11-12,14,16-18,20-21H,9-10,13,15H2,1-8H3;1H4/t17-,18-,20-,21-,24-;/m0./s1. The van der Waals surface area contributed by atoms with Gasteiger partial charge in [-0.05, 0) is 62.4 Å². The Kier molecular flexibility index (Phi) is 7.97. The third-order valence-electron chi connectivity index (χ3n) is 7.07. The minimum atomic E-state index is -0.412. The fourth-order valence-corrected chi connectivity index (χ4v) is 4.63. The molecule has 0 fully saturated rings. The molecule has 0 radical (unpaired) electrons. The Labute approximate surface area is 168 Å². The molecule has 156 valence electrons. The highest BCUT2D eigenvalue weighted by Gasteiger charge is 2.51. The van der Waals surface area contributed by atoms with Crippen LogP contribution in [-0.2, 0) is 9.53 Å². The van der Waals surface area contributed by atoms with E-state index in [1.807, 2.05) is 13.8 Å². The van der Waals surface area contributed by atoms with Gasteiger partial charge < -0.3 is 4.74 Å². The summed E-state index contributed by atoms with van der Waals surface area (Å²) in [6, 6.07) is 0. The minimum absolute atomic E-state index is 0. The monoisotopic (exact) mass is 376 g/mol. The average Bonchev–Trinajstić information content (AvgIpc) is 2.55. The second-order valence-corrected chi connectivity index (χ2v) is 10.0. The summed E-state index contributed by atoms with van der Waals surface area (Å²) in [5, 5.41) is 0. The Balaban J connectivity index is 0.00000364. The van der Waals surface area contributed by atoms with Crippen molar-refractivity contribution in [1.29, 1.82) is 0 Å². The van der Waals surface area contributed by atoms with Gasteiger partial charge in [0.2, 0.25) is 0 Å². The Bertz CT molecular complexity index is 569. The van der Waals surface area contributed by atoms with Crippen LogP contribution in [0.1, 0.15) is 88.5 Å². The first kappa shape index (κ1) is 24.0. The highest BCUT2D eigenvalue weighted by atomic mass is 16.5. The Morgan fingerprint density at radius 2 is 1.96 bits per heavy atom. The Hall–Kier alpha value is -1.05. The summed E-state index contributed by atoms with van der Waals surface area (Å²) >= 11 is 0. The van der Waals surface area contributed by atoms with E-state index < -0.39 is 5.41 Å². The molecule has 0 bridgehead atoms. The van der Waals surface area contributed by atoms with Crippen LogP contribution < -0.4 is 0 Å². The first-order valence-electron chi connectivity index (χ1n) is 10.6. The van der Waals surface area contributed by atoms with E-state index in [4.69, 9.17) is 4.74 Å². The number of carbonyl (C=O) groups is 1. The van der Waals surface area contributed by atoms with Crippen LogP contribution in [0.25, 0.3) is 0 Å². The molecule has 0 aromatic carbocycles. The fraction of sp³-hybridized carbons (Fsp3) is 0.800. The van der Waals surface area contributed by atoms with Crippen molar-refractivity contribution >= 4 is 5.97 Å². The molecule has 0 saturated heterocycles. The summed E-state index contributed by atoms with van der Waals surface area (Å²) in [7, 11) is 0. The van der Waals surface area contributed by atoms with Crippen molar-refractivity contribution in [3.05, 3.63) is 23.8 Å². The highest BCUT2D eigenvalue weighted by Crippen LogP contribution is 2.54. The van der Waals surface area contributed by atoms with E-state index in [2.05, 4.69) is 59.8 Å². The van der Waals surface area contributed by atoms with Crippen molar-refractivity contribution in [2.45, 2.75) is 94.6 Å². The third kappa shape index (κ3) is 4.87. The second-order valence-electron chi connectivity index (χ2n) is 10.0. The summed E-state index contributed by atoms with van der Waals surface area (Å²) < 4.78 is 6.26. The van der Waals surface area contributed by atoms with Crippen LogP contribution >= 0.6 is 0 Å². The van der Waals surface area contributed by atoms with E-state index in [0.29, 0.717) is 23.7 Å². The minimum Gasteiger partial charge on any atom is -0.461 e. The first-order valence-corrected chi connectivity index (χ1v) is 10.6. The predicted octanol–water partition coefficient (Wildman–Crippen LogP) is 7.20. The van der Waals surface area contributed by atoms with E-state index in [1.54, 1.807) is 0 Å². The van der Waals surface area contributed by atoms with Gasteiger partial charge >= 0.3 is 5.97 Å². The van der Waals surface area contributed by atoms with Crippen molar-refractivity contribution in [2.24, 2.45) is 34.5 Å². The fourth-order valence-electron chi connectivity index (χ4n) is 4.63. The zero-order valence-corrected chi connectivity index (χ0v) is 18.3. The number of hydrogen-bond acceptors (Lipinski definition) is 2. The van der Waals surface area contributed by atoms with Crippen LogP contribution in [0.3, 0.4) is 0 Å². The number of fused-ring (bicyclic) bond motifs is 1. The molecule has 0 amide bonds. The van der Waals surface area contributed by atoms with Gasteiger partial charge in [-0.25, -0.2) is 0 Å². The van der Waals surface area contributed by atoms with Crippen LogP contribution in [0.2, 0.25) is 0 Å². The van der Waals surface area contributed by atoms with Crippen LogP contribution in [-0.4, -0.2) is 12.1 Å². The molecular weight excluding hydrogens is 332 g/mol. The van der Waals surface area contributed by atoms with Gasteiger partial charge in [0, 0.05) is 5.41 Å². The van der Waals surface area contributed by atoms with Gasteiger partial charge in [0.25, 0.3) is 0 Å². The smallest absolute Gasteiger partial charge is 0.311 e. The number of rotatable bonds is 6. The van der Waals surface area contributed by atoms with E-state index in [0.717, 1.165) is 12.8 Å². The predicted molar refractivity (Wildman–Crippen MR) is 117 cm³/mol. The molecule has 2 aliphatic rings. The van der Waals surface area contributed by atoms with Gasteiger partial charge in [0.1, 0.15) is 6.10 Å². The normalized spacial score (nSPS) is 33.1. The molecule has 2 rings (SSSR count). The summed E-state index contributed by atoms with van der Waals surface area (Å²) in [6.07, 6.45) is 11.2. The van der Waals surface area contributed by atoms with Gasteiger partial charge in [-0.2, -0.15) is 0 Å². The molecule has 0 unspecified atom stereocenters. The maximum atomic E-state index is 12.9. The molecule has 5 atom stereocenters. The van der Waals surface area contributed by atoms with Crippen molar-refractivity contribution < 1.29 is 9.53 Å². The van der Waals surface area contributed by atoms with Crippen LogP contribution in [0.5, 0.6) is 0 Å². The lowest BCUT2D eigenvalue weighted by molar-refractivity contribution is -0.170. The number of ether oxygens (including phenoxy) is 1. The maximum Gasteiger partial charge on any atom is 0.311 e. The molecule has 0 aliphatic heterocycles. The highest BCUT2D eigenvalue weighted by molar-refractivity contribution is 5.76. The summed E-state index contributed by atoms with van der Waals surface area (Å²) in [5.74, 6) is 2.15. The van der Waals surface area contributed by atoms with Crippen molar-refractivity contribution in [3.8, 4) is 0 Å². The van der Waals surface area contributed by atoms with Crippen LogP contribution in [0.15, 0.2) is 23.8 Å². The van der Waals surface area contributed by atoms with Gasteiger partial charge in [0.05, 0.1) is 5.41 Å². The van der Waals surface area contributed by atoms with Crippen molar-refractivity contribution in [2.75, 3.05) is 0 Å². The lowest BCUT2D eigenvalue weighted by Crippen LogP contribution is -2.50. The zero-order valence-electron chi connectivity index (χ0n) is 18.3. The molecule has 2 heteroatoms.